The maximum absolute atomic E-state index is 12.8. The monoisotopic (exact) mass is 453 g/mol. The van der Waals surface area contributed by atoms with Gasteiger partial charge in [-0.25, -0.2) is 8.42 Å². The van der Waals surface area contributed by atoms with Crippen molar-refractivity contribution >= 4 is 37.3 Å². The lowest BCUT2D eigenvalue weighted by molar-refractivity contribution is -0.384. The Balaban J connectivity index is 1.74. The topological polar surface area (TPSA) is 83.8 Å². The van der Waals surface area contributed by atoms with Gasteiger partial charge in [-0.1, -0.05) is 22.9 Å². The van der Waals surface area contributed by atoms with Crippen molar-refractivity contribution in [2.75, 3.05) is 31.1 Å². The van der Waals surface area contributed by atoms with E-state index in [9.17, 15) is 18.5 Å². The molecule has 2 aromatic carbocycles. The average Bonchev–Trinajstić information content (AvgIpc) is 2.68. The van der Waals surface area contributed by atoms with E-state index < -0.39 is 14.9 Å². The second-order valence-corrected chi connectivity index (χ2v) is 9.12. The lowest BCUT2D eigenvalue weighted by Gasteiger charge is -2.36. The normalized spacial score (nSPS) is 15.7. The molecule has 3 rings (SSSR count). The second-order valence-electron chi connectivity index (χ2n) is 6.27. The second kappa shape index (κ2) is 7.95. The lowest BCUT2D eigenvalue weighted by Crippen LogP contribution is -2.48. The summed E-state index contributed by atoms with van der Waals surface area (Å²) in [5, 5.41) is 10.7. The van der Waals surface area contributed by atoms with Crippen molar-refractivity contribution < 1.29 is 13.3 Å². The van der Waals surface area contributed by atoms with Gasteiger partial charge in [-0.05, 0) is 42.3 Å². The number of aryl methyl sites for hydroxylation is 1. The first-order valence-electron chi connectivity index (χ1n) is 8.61. The van der Waals surface area contributed by atoms with Crippen molar-refractivity contribution in [1.29, 1.82) is 0 Å². The molecule has 144 valence electrons. The van der Waals surface area contributed by atoms with Gasteiger partial charge < -0.3 is 4.90 Å². The molecule has 0 radical (unpaired) electrons. The van der Waals surface area contributed by atoms with Gasteiger partial charge in [-0.3, -0.25) is 10.1 Å². The summed E-state index contributed by atoms with van der Waals surface area (Å²) in [6.07, 6.45) is 0.899. The smallest absolute Gasteiger partial charge is 0.269 e. The number of anilines is 1. The summed E-state index contributed by atoms with van der Waals surface area (Å²) in [7, 11) is -3.66. The Hall–Kier alpha value is -1.97. The van der Waals surface area contributed by atoms with E-state index in [1.54, 1.807) is 0 Å². The Morgan fingerprint density at radius 2 is 1.70 bits per heavy atom. The fourth-order valence-corrected chi connectivity index (χ4v) is 5.03. The van der Waals surface area contributed by atoms with Gasteiger partial charge in [0, 0.05) is 48.5 Å². The fraction of sp³-hybridized carbons (Fsp3) is 0.333. The maximum Gasteiger partial charge on any atom is 0.269 e. The molecule has 27 heavy (non-hydrogen) atoms. The van der Waals surface area contributed by atoms with Crippen molar-refractivity contribution in [2.24, 2.45) is 0 Å². The molecule has 1 aliphatic rings. The lowest BCUT2D eigenvalue weighted by atomic mass is 10.1. The van der Waals surface area contributed by atoms with E-state index in [-0.39, 0.29) is 10.6 Å². The molecule has 0 amide bonds. The molecule has 1 saturated heterocycles. The quantitative estimate of drug-likeness (QED) is 0.511. The zero-order valence-corrected chi connectivity index (χ0v) is 17.2. The summed E-state index contributed by atoms with van der Waals surface area (Å²) in [5.41, 5.74) is 2.23. The average molecular weight is 454 g/mol. The van der Waals surface area contributed by atoms with E-state index in [0.717, 1.165) is 16.6 Å². The Labute approximate surface area is 166 Å². The van der Waals surface area contributed by atoms with Crippen LogP contribution in [0.4, 0.5) is 11.4 Å². The Morgan fingerprint density at radius 3 is 2.26 bits per heavy atom. The number of piperazine rings is 1. The number of non-ortho nitro benzene ring substituents is 1. The van der Waals surface area contributed by atoms with Gasteiger partial charge >= 0.3 is 0 Å². The van der Waals surface area contributed by atoms with E-state index in [2.05, 4.69) is 39.9 Å². The van der Waals surface area contributed by atoms with Crippen LogP contribution in [0.15, 0.2) is 51.8 Å². The van der Waals surface area contributed by atoms with Crippen LogP contribution in [0.1, 0.15) is 12.5 Å². The molecule has 2 aromatic rings. The van der Waals surface area contributed by atoms with Crippen molar-refractivity contribution in [3.8, 4) is 0 Å². The predicted octanol–water partition coefficient (Wildman–Crippen LogP) is 3.43. The van der Waals surface area contributed by atoms with Crippen LogP contribution in [-0.2, 0) is 16.4 Å². The zero-order valence-electron chi connectivity index (χ0n) is 14.8. The predicted molar refractivity (Wildman–Crippen MR) is 108 cm³/mol. The van der Waals surface area contributed by atoms with Crippen LogP contribution in [0.3, 0.4) is 0 Å². The van der Waals surface area contributed by atoms with E-state index >= 15 is 0 Å². The number of hydrogen-bond acceptors (Lipinski definition) is 5. The number of nitro benzene ring substituents is 1. The number of benzene rings is 2. The van der Waals surface area contributed by atoms with Crippen LogP contribution in [0.2, 0.25) is 0 Å². The summed E-state index contributed by atoms with van der Waals surface area (Å²) in [5.74, 6) is 0. The molecule has 1 fully saturated rings. The summed E-state index contributed by atoms with van der Waals surface area (Å²) < 4.78 is 28.1. The molecule has 0 aromatic heterocycles. The number of nitrogens with zero attached hydrogens (tertiary/aromatic N) is 3. The third kappa shape index (κ3) is 4.15. The van der Waals surface area contributed by atoms with Gasteiger partial charge in [0.1, 0.15) is 0 Å². The van der Waals surface area contributed by atoms with Crippen LogP contribution in [-0.4, -0.2) is 43.8 Å². The van der Waals surface area contributed by atoms with Gasteiger partial charge in [0.15, 0.2) is 0 Å². The molecule has 0 N–H and O–H groups in total. The highest BCUT2D eigenvalue weighted by Gasteiger charge is 2.29. The number of sulfonamides is 1. The standard InChI is InChI=1S/C18H20BrN3O4S/c1-2-14-13-15(19)3-8-18(14)20-9-11-21(12-10-20)27(25,26)17-6-4-16(5-7-17)22(23)24/h3-8,13H,2,9-12H2,1H3. The van der Waals surface area contributed by atoms with Gasteiger partial charge in [0.2, 0.25) is 10.0 Å². The number of hydrogen-bond donors (Lipinski definition) is 0. The third-order valence-electron chi connectivity index (χ3n) is 4.69. The van der Waals surface area contributed by atoms with Crippen LogP contribution in [0.25, 0.3) is 0 Å². The molecule has 0 bridgehead atoms. The van der Waals surface area contributed by atoms with Gasteiger partial charge in [0.05, 0.1) is 9.82 Å². The minimum atomic E-state index is -3.66. The number of nitro groups is 1. The largest absolute Gasteiger partial charge is 0.369 e. The van der Waals surface area contributed by atoms with Gasteiger partial charge in [0.25, 0.3) is 5.69 Å². The van der Waals surface area contributed by atoms with Crippen LogP contribution in [0.5, 0.6) is 0 Å². The van der Waals surface area contributed by atoms with E-state index in [0.29, 0.717) is 26.2 Å². The Kier molecular flexibility index (Phi) is 5.83. The molecule has 0 aliphatic carbocycles. The van der Waals surface area contributed by atoms with Gasteiger partial charge in [-0.15, -0.1) is 0 Å². The van der Waals surface area contributed by atoms with Crippen LogP contribution < -0.4 is 4.90 Å². The van der Waals surface area contributed by atoms with Crippen molar-refractivity contribution in [2.45, 2.75) is 18.2 Å². The molecular formula is C18H20BrN3O4S. The molecule has 0 spiro atoms. The number of rotatable bonds is 5. The maximum atomic E-state index is 12.8. The molecule has 9 heteroatoms. The number of halogens is 1. The molecule has 0 saturated carbocycles. The summed E-state index contributed by atoms with van der Waals surface area (Å²) in [6, 6.07) is 11.2. The minimum absolute atomic E-state index is 0.0828. The molecule has 0 unspecified atom stereocenters. The van der Waals surface area contributed by atoms with E-state index in [1.807, 2.05) is 6.07 Å². The van der Waals surface area contributed by atoms with Gasteiger partial charge in [-0.2, -0.15) is 4.31 Å². The highest BCUT2D eigenvalue weighted by molar-refractivity contribution is 9.10. The van der Waals surface area contributed by atoms with E-state index in [4.69, 9.17) is 0 Å². The summed E-state index contributed by atoms with van der Waals surface area (Å²) >= 11 is 3.49. The Bertz CT molecular complexity index is 940. The Morgan fingerprint density at radius 1 is 1.07 bits per heavy atom. The highest BCUT2D eigenvalue weighted by atomic mass is 79.9. The zero-order chi connectivity index (χ0) is 19.6. The van der Waals surface area contributed by atoms with Crippen molar-refractivity contribution in [1.82, 2.24) is 4.31 Å². The molecule has 0 atom stereocenters. The summed E-state index contributed by atoms with van der Waals surface area (Å²) in [4.78, 5) is 12.5. The summed E-state index contributed by atoms with van der Waals surface area (Å²) in [6.45, 7) is 4.04. The SMILES string of the molecule is CCc1cc(Br)ccc1N1CCN(S(=O)(=O)c2ccc([N+](=O)[O-])cc2)CC1. The highest BCUT2D eigenvalue weighted by Crippen LogP contribution is 2.27. The van der Waals surface area contributed by atoms with Crippen molar-refractivity contribution in [3.63, 3.8) is 0 Å². The molecule has 7 nitrogen and oxygen atoms in total. The van der Waals surface area contributed by atoms with Crippen LogP contribution in [0, 0.1) is 10.1 Å². The minimum Gasteiger partial charge on any atom is -0.369 e. The third-order valence-corrected chi connectivity index (χ3v) is 7.09. The molecular weight excluding hydrogens is 434 g/mol. The fourth-order valence-electron chi connectivity index (χ4n) is 3.20. The molecule has 1 heterocycles. The first-order chi connectivity index (χ1) is 12.8. The first kappa shape index (κ1) is 19.8. The van der Waals surface area contributed by atoms with Crippen LogP contribution >= 0.6 is 15.9 Å². The van der Waals surface area contributed by atoms with Crippen molar-refractivity contribution in [3.05, 3.63) is 62.6 Å². The first-order valence-corrected chi connectivity index (χ1v) is 10.8. The van der Waals surface area contributed by atoms with E-state index in [1.165, 1.54) is 34.1 Å². The molecule has 1 aliphatic heterocycles.